The van der Waals surface area contributed by atoms with Gasteiger partial charge in [-0.3, -0.25) is 4.79 Å². The van der Waals surface area contributed by atoms with Crippen LogP contribution < -0.4 is 5.32 Å². The lowest BCUT2D eigenvalue weighted by molar-refractivity contribution is -0.151. The minimum Gasteiger partial charge on any atom is -0.459 e. The van der Waals surface area contributed by atoms with E-state index < -0.39 is 5.60 Å². The van der Waals surface area contributed by atoms with Gasteiger partial charge in [0.15, 0.2) is 0 Å². The van der Waals surface area contributed by atoms with Crippen LogP contribution in [0.5, 0.6) is 0 Å². The molecule has 0 saturated carbocycles. The second-order valence-corrected chi connectivity index (χ2v) is 6.53. The quantitative estimate of drug-likeness (QED) is 0.667. The number of hydrogen-bond donors (Lipinski definition) is 1. The van der Waals surface area contributed by atoms with E-state index in [9.17, 15) is 4.79 Å². The van der Waals surface area contributed by atoms with Crippen LogP contribution in [0.1, 0.15) is 26.3 Å². The van der Waals surface area contributed by atoms with Crippen molar-refractivity contribution in [1.82, 2.24) is 5.32 Å². The number of nitrogens with one attached hydrogen (secondary N) is 1. The summed E-state index contributed by atoms with van der Waals surface area (Å²) in [5.41, 5.74) is 0.634. The highest BCUT2D eigenvalue weighted by Gasteiger charge is 2.17. The van der Waals surface area contributed by atoms with E-state index in [1.54, 1.807) is 0 Å². The molecule has 1 aromatic rings. The predicted molar refractivity (Wildman–Crippen MR) is 80.8 cm³/mol. The van der Waals surface area contributed by atoms with Crippen LogP contribution in [-0.4, -0.2) is 24.4 Å². The molecule has 0 aliphatic carbocycles. The summed E-state index contributed by atoms with van der Waals surface area (Å²) in [4.78, 5) is 12.6. The summed E-state index contributed by atoms with van der Waals surface area (Å²) in [6, 6.07) is 5.74. The van der Waals surface area contributed by atoms with E-state index >= 15 is 0 Å². The Morgan fingerprint density at radius 1 is 1.42 bits per heavy atom. The van der Waals surface area contributed by atoms with E-state index in [0.29, 0.717) is 5.02 Å². The van der Waals surface area contributed by atoms with E-state index in [-0.39, 0.29) is 11.7 Å². The maximum absolute atomic E-state index is 11.7. The maximum atomic E-state index is 11.7. The minimum absolute atomic E-state index is 0.229. The van der Waals surface area contributed by atoms with Crippen molar-refractivity contribution in [3.05, 3.63) is 28.8 Å². The number of hydrogen-bond acceptors (Lipinski definition) is 4. The molecular formula is C14H20ClNO2S. The molecule has 0 aliphatic rings. The monoisotopic (exact) mass is 301 g/mol. The van der Waals surface area contributed by atoms with Crippen molar-refractivity contribution in [2.45, 2.75) is 37.8 Å². The van der Waals surface area contributed by atoms with Gasteiger partial charge in [-0.15, -0.1) is 11.8 Å². The second kappa shape index (κ2) is 7.17. The first kappa shape index (κ1) is 16.3. The lowest BCUT2D eigenvalue weighted by atomic mass is 10.2. The standard InChI is InChI=1S/C14H20ClNO2S/c1-14(2,3)18-12(17)9-19-13-10(8-16-4)6-5-7-11(13)15/h5-7,16H,8-9H2,1-4H3. The molecule has 19 heavy (non-hydrogen) atoms. The Balaban J connectivity index is 2.69. The third-order valence-corrected chi connectivity index (χ3v) is 3.75. The van der Waals surface area contributed by atoms with Crippen molar-refractivity contribution >= 4 is 29.3 Å². The van der Waals surface area contributed by atoms with Crippen LogP contribution in [0.15, 0.2) is 23.1 Å². The molecule has 0 bridgehead atoms. The normalized spacial score (nSPS) is 11.4. The summed E-state index contributed by atoms with van der Waals surface area (Å²) in [5, 5.41) is 3.76. The van der Waals surface area contributed by atoms with Gasteiger partial charge in [0.25, 0.3) is 0 Å². The van der Waals surface area contributed by atoms with Gasteiger partial charge in [0.2, 0.25) is 0 Å². The summed E-state index contributed by atoms with van der Waals surface area (Å²) < 4.78 is 5.28. The molecule has 0 atom stereocenters. The smallest absolute Gasteiger partial charge is 0.316 e. The van der Waals surface area contributed by atoms with E-state index in [2.05, 4.69) is 5.32 Å². The number of halogens is 1. The molecule has 1 N–H and O–H groups in total. The van der Waals surface area contributed by atoms with Gasteiger partial charge in [0.1, 0.15) is 5.60 Å². The zero-order chi connectivity index (χ0) is 14.5. The molecule has 106 valence electrons. The number of esters is 1. The van der Waals surface area contributed by atoms with Crippen molar-refractivity contribution in [2.75, 3.05) is 12.8 Å². The van der Waals surface area contributed by atoms with Gasteiger partial charge in [-0.1, -0.05) is 23.7 Å². The van der Waals surface area contributed by atoms with Crippen molar-refractivity contribution in [3.63, 3.8) is 0 Å². The molecule has 0 unspecified atom stereocenters. The van der Waals surface area contributed by atoms with Gasteiger partial charge in [-0.25, -0.2) is 0 Å². The molecule has 0 amide bonds. The molecule has 0 saturated heterocycles. The Morgan fingerprint density at radius 2 is 2.11 bits per heavy atom. The fraction of sp³-hybridized carbons (Fsp3) is 0.500. The lowest BCUT2D eigenvalue weighted by Gasteiger charge is -2.19. The third-order valence-electron chi connectivity index (χ3n) is 2.17. The number of ether oxygens (including phenoxy) is 1. The highest BCUT2D eigenvalue weighted by Crippen LogP contribution is 2.31. The summed E-state index contributed by atoms with van der Waals surface area (Å²) in [7, 11) is 1.88. The van der Waals surface area contributed by atoms with Crippen molar-refractivity contribution < 1.29 is 9.53 Å². The van der Waals surface area contributed by atoms with Crippen LogP contribution in [-0.2, 0) is 16.1 Å². The number of rotatable bonds is 5. The van der Waals surface area contributed by atoms with Crippen LogP contribution in [0.2, 0.25) is 5.02 Å². The van der Waals surface area contributed by atoms with Gasteiger partial charge in [0, 0.05) is 11.4 Å². The number of thioether (sulfide) groups is 1. The highest BCUT2D eigenvalue weighted by atomic mass is 35.5. The van der Waals surface area contributed by atoms with Gasteiger partial charge < -0.3 is 10.1 Å². The summed E-state index contributed by atoms with van der Waals surface area (Å²) in [5.74, 6) is 0.0328. The van der Waals surface area contributed by atoms with Crippen LogP contribution in [0.25, 0.3) is 0 Å². The first-order valence-corrected chi connectivity index (χ1v) is 7.46. The zero-order valence-corrected chi connectivity index (χ0v) is 13.3. The van der Waals surface area contributed by atoms with Gasteiger partial charge in [0.05, 0.1) is 10.8 Å². The van der Waals surface area contributed by atoms with Gasteiger partial charge in [-0.2, -0.15) is 0 Å². The molecule has 1 rings (SSSR count). The first-order chi connectivity index (χ1) is 8.83. The van der Waals surface area contributed by atoms with E-state index in [1.807, 2.05) is 46.0 Å². The molecule has 0 aromatic heterocycles. The fourth-order valence-corrected chi connectivity index (χ4v) is 2.76. The largest absolute Gasteiger partial charge is 0.459 e. The average molecular weight is 302 g/mol. The Hall–Kier alpha value is -0.710. The molecule has 5 heteroatoms. The average Bonchev–Trinajstić information content (AvgIpc) is 2.26. The van der Waals surface area contributed by atoms with E-state index in [4.69, 9.17) is 16.3 Å². The Bertz CT molecular complexity index is 444. The Labute approximate surface area is 124 Å². The number of carbonyl (C=O) groups excluding carboxylic acids is 1. The third kappa shape index (κ3) is 5.85. The predicted octanol–water partition coefficient (Wildman–Crippen LogP) is 3.49. The zero-order valence-electron chi connectivity index (χ0n) is 11.7. The van der Waals surface area contributed by atoms with E-state index in [0.717, 1.165) is 17.0 Å². The number of benzene rings is 1. The molecule has 1 aromatic carbocycles. The summed E-state index contributed by atoms with van der Waals surface area (Å²) >= 11 is 7.60. The molecule has 0 heterocycles. The van der Waals surface area contributed by atoms with Gasteiger partial charge in [-0.05, 0) is 39.4 Å². The number of carbonyl (C=O) groups is 1. The van der Waals surface area contributed by atoms with Crippen LogP contribution in [0, 0.1) is 0 Å². The minimum atomic E-state index is -0.452. The first-order valence-electron chi connectivity index (χ1n) is 6.10. The highest BCUT2D eigenvalue weighted by molar-refractivity contribution is 8.00. The molecule has 0 spiro atoms. The molecule has 0 aliphatic heterocycles. The molecule has 3 nitrogen and oxygen atoms in total. The van der Waals surface area contributed by atoms with Crippen LogP contribution >= 0.6 is 23.4 Å². The summed E-state index contributed by atoms with van der Waals surface area (Å²) in [6.07, 6.45) is 0. The van der Waals surface area contributed by atoms with Crippen LogP contribution in [0.4, 0.5) is 0 Å². The Morgan fingerprint density at radius 3 is 2.68 bits per heavy atom. The van der Waals surface area contributed by atoms with Crippen molar-refractivity contribution in [3.8, 4) is 0 Å². The van der Waals surface area contributed by atoms with Crippen molar-refractivity contribution in [2.24, 2.45) is 0 Å². The second-order valence-electron chi connectivity index (χ2n) is 5.13. The van der Waals surface area contributed by atoms with Gasteiger partial charge >= 0.3 is 5.97 Å². The summed E-state index contributed by atoms with van der Waals surface area (Å²) in [6.45, 7) is 6.30. The molecule has 0 radical (unpaired) electrons. The Kier molecular flexibility index (Phi) is 6.17. The van der Waals surface area contributed by atoms with Crippen LogP contribution in [0.3, 0.4) is 0 Å². The van der Waals surface area contributed by atoms with E-state index in [1.165, 1.54) is 11.8 Å². The SMILES string of the molecule is CNCc1cccc(Cl)c1SCC(=O)OC(C)(C)C. The maximum Gasteiger partial charge on any atom is 0.316 e. The fourth-order valence-electron chi connectivity index (χ4n) is 1.55. The lowest BCUT2D eigenvalue weighted by Crippen LogP contribution is -2.25. The molecule has 0 fully saturated rings. The topological polar surface area (TPSA) is 38.3 Å². The van der Waals surface area contributed by atoms with Crippen molar-refractivity contribution in [1.29, 1.82) is 0 Å². The molecular weight excluding hydrogens is 282 g/mol.